The van der Waals surface area contributed by atoms with E-state index in [0.29, 0.717) is 23.9 Å². The minimum Gasteiger partial charge on any atom is -0.497 e. The molecule has 108 valence electrons. The summed E-state index contributed by atoms with van der Waals surface area (Å²) in [5.74, 6) is 0.939. The Morgan fingerprint density at radius 1 is 1.57 bits per heavy atom. The van der Waals surface area contributed by atoms with E-state index in [0.717, 1.165) is 16.0 Å². The Morgan fingerprint density at radius 3 is 2.95 bits per heavy atom. The standard InChI is InChI=1S/C15H15N3O2S/c1-9-6-15(7-9,8-16)13(19)18-14-17-11-4-3-10(20-2)5-12(11)21-14/h3-5,9H,6-7H2,1-2H3,(H,17,18,19). The van der Waals surface area contributed by atoms with Gasteiger partial charge in [0.25, 0.3) is 0 Å². The lowest BCUT2D eigenvalue weighted by molar-refractivity contribution is -0.128. The molecule has 1 heterocycles. The summed E-state index contributed by atoms with van der Waals surface area (Å²) in [4.78, 5) is 16.7. The fourth-order valence-corrected chi connectivity index (χ4v) is 3.65. The van der Waals surface area contributed by atoms with Crippen molar-refractivity contribution in [2.24, 2.45) is 11.3 Å². The van der Waals surface area contributed by atoms with Crippen LogP contribution in [0.3, 0.4) is 0 Å². The van der Waals surface area contributed by atoms with Gasteiger partial charge in [0.2, 0.25) is 5.91 Å². The van der Waals surface area contributed by atoms with Crippen LogP contribution >= 0.6 is 11.3 Å². The highest BCUT2D eigenvalue weighted by atomic mass is 32.1. The predicted octanol–water partition coefficient (Wildman–Crippen LogP) is 3.18. The van der Waals surface area contributed by atoms with Crippen LogP contribution in [-0.2, 0) is 4.79 Å². The minimum absolute atomic E-state index is 0.242. The second-order valence-corrected chi connectivity index (χ2v) is 6.54. The molecule has 1 amide bonds. The molecule has 0 bridgehead atoms. The number of benzene rings is 1. The van der Waals surface area contributed by atoms with Crippen molar-refractivity contribution in [1.29, 1.82) is 5.26 Å². The van der Waals surface area contributed by atoms with Gasteiger partial charge in [-0.25, -0.2) is 4.98 Å². The second-order valence-electron chi connectivity index (χ2n) is 5.51. The molecular weight excluding hydrogens is 286 g/mol. The zero-order valence-electron chi connectivity index (χ0n) is 11.8. The number of aromatic nitrogens is 1. The number of thiazole rings is 1. The number of nitrogens with zero attached hydrogens (tertiary/aromatic N) is 2. The molecule has 1 N–H and O–H groups in total. The smallest absolute Gasteiger partial charge is 0.246 e. The third-order valence-electron chi connectivity index (χ3n) is 3.86. The molecule has 0 unspecified atom stereocenters. The summed E-state index contributed by atoms with van der Waals surface area (Å²) in [5.41, 5.74) is -0.0707. The summed E-state index contributed by atoms with van der Waals surface area (Å²) in [6, 6.07) is 7.73. The number of amides is 1. The number of carbonyl (C=O) groups excluding carboxylic acids is 1. The number of ether oxygens (including phenoxy) is 1. The van der Waals surface area contributed by atoms with E-state index in [9.17, 15) is 10.1 Å². The molecule has 21 heavy (non-hydrogen) atoms. The Labute approximate surface area is 126 Å². The molecule has 1 aromatic heterocycles. The van der Waals surface area contributed by atoms with Crippen molar-refractivity contribution >= 4 is 32.6 Å². The van der Waals surface area contributed by atoms with Crippen LogP contribution in [0.2, 0.25) is 0 Å². The number of nitrogens with one attached hydrogen (secondary N) is 1. The van der Waals surface area contributed by atoms with E-state index in [1.807, 2.05) is 25.1 Å². The zero-order valence-corrected chi connectivity index (χ0v) is 12.7. The molecule has 1 fully saturated rings. The number of carbonyl (C=O) groups is 1. The second kappa shape index (κ2) is 5.01. The van der Waals surface area contributed by atoms with E-state index >= 15 is 0 Å². The minimum atomic E-state index is -0.880. The van der Waals surface area contributed by atoms with Gasteiger partial charge in [0.1, 0.15) is 11.2 Å². The van der Waals surface area contributed by atoms with Crippen LogP contribution in [0.25, 0.3) is 10.2 Å². The summed E-state index contributed by atoms with van der Waals surface area (Å²) >= 11 is 1.38. The molecular formula is C15H15N3O2S. The average Bonchev–Trinajstić information content (AvgIpc) is 2.84. The number of anilines is 1. The van der Waals surface area contributed by atoms with Gasteiger partial charge in [-0.05, 0) is 37.0 Å². The van der Waals surface area contributed by atoms with Gasteiger partial charge in [0.15, 0.2) is 5.13 Å². The largest absolute Gasteiger partial charge is 0.497 e. The number of hydrogen-bond acceptors (Lipinski definition) is 5. The maximum absolute atomic E-state index is 12.3. The van der Waals surface area contributed by atoms with E-state index < -0.39 is 5.41 Å². The molecule has 1 saturated carbocycles. The first kappa shape index (κ1) is 13.8. The molecule has 6 heteroatoms. The summed E-state index contributed by atoms with van der Waals surface area (Å²) in [5, 5.41) is 12.6. The Kier molecular flexibility index (Phi) is 3.30. The van der Waals surface area contributed by atoms with E-state index in [4.69, 9.17) is 4.74 Å². The molecule has 5 nitrogen and oxygen atoms in total. The highest BCUT2D eigenvalue weighted by molar-refractivity contribution is 7.22. The van der Waals surface area contributed by atoms with Crippen molar-refractivity contribution in [2.75, 3.05) is 12.4 Å². The Hall–Kier alpha value is -2.13. The Balaban J connectivity index is 1.82. The van der Waals surface area contributed by atoms with Gasteiger partial charge in [-0.3, -0.25) is 4.79 Å². The quantitative estimate of drug-likeness (QED) is 0.944. The zero-order chi connectivity index (χ0) is 15.0. The average molecular weight is 301 g/mol. The van der Waals surface area contributed by atoms with Crippen LogP contribution in [-0.4, -0.2) is 18.0 Å². The van der Waals surface area contributed by atoms with E-state index in [2.05, 4.69) is 16.4 Å². The predicted molar refractivity (Wildman–Crippen MR) is 81.2 cm³/mol. The molecule has 1 aliphatic carbocycles. The number of nitriles is 1. The van der Waals surface area contributed by atoms with Crippen LogP contribution in [0.15, 0.2) is 18.2 Å². The molecule has 0 spiro atoms. The van der Waals surface area contributed by atoms with Crippen molar-refractivity contribution in [2.45, 2.75) is 19.8 Å². The Bertz CT molecular complexity index is 741. The molecule has 1 aromatic carbocycles. The summed E-state index contributed by atoms with van der Waals surface area (Å²) in [7, 11) is 1.61. The lowest BCUT2D eigenvalue weighted by atomic mass is 9.63. The van der Waals surface area contributed by atoms with Crippen LogP contribution in [0, 0.1) is 22.7 Å². The number of fused-ring (bicyclic) bond motifs is 1. The fraction of sp³-hybridized carbons (Fsp3) is 0.400. The monoisotopic (exact) mass is 301 g/mol. The highest BCUT2D eigenvalue weighted by Gasteiger charge is 2.49. The number of methoxy groups -OCH3 is 1. The van der Waals surface area contributed by atoms with Crippen LogP contribution in [0.5, 0.6) is 5.75 Å². The lowest BCUT2D eigenvalue weighted by Gasteiger charge is -2.38. The van der Waals surface area contributed by atoms with Crippen LogP contribution in [0.1, 0.15) is 19.8 Å². The molecule has 0 saturated heterocycles. The first-order chi connectivity index (χ1) is 10.1. The number of rotatable bonds is 3. The van der Waals surface area contributed by atoms with Gasteiger partial charge in [-0.1, -0.05) is 18.3 Å². The maximum Gasteiger partial charge on any atom is 0.246 e. The lowest BCUT2D eigenvalue weighted by Crippen LogP contribution is -2.45. The van der Waals surface area contributed by atoms with Crippen LogP contribution < -0.4 is 10.1 Å². The van der Waals surface area contributed by atoms with E-state index in [-0.39, 0.29) is 5.91 Å². The first-order valence-corrected chi connectivity index (χ1v) is 7.55. The molecule has 0 radical (unpaired) electrons. The fourth-order valence-electron chi connectivity index (χ4n) is 2.76. The Morgan fingerprint density at radius 2 is 2.33 bits per heavy atom. The SMILES string of the molecule is COc1ccc2nc(NC(=O)C3(C#N)CC(C)C3)sc2c1. The number of hydrogen-bond donors (Lipinski definition) is 1. The van der Waals surface area contributed by atoms with Crippen LogP contribution in [0.4, 0.5) is 5.13 Å². The van der Waals surface area contributed by atoms with Crippen molar-refractivity contribution < 1.29 is 9.53 Å². The first-order valence-electron chi connectivity index (χ1n) is 6.73. The molecule has 0 atom stereocenters. The van der Waals surface area contributed by atoms with Gasteiger partial charge in [-0.2, -0.15) is 5.26 Å². The third kappa shape index (κ3) is 2.34. The van der Waals surface area contributed by atoms with Gasteiger partial charge in [0.05, 0.1) is 23.4 Å². The van der Waals surface area contributed by atoms with Crippen molar-refractivity contribution in [3.63, 3.8) is 0 Å². The third-order valence-corrected chi connectivity index (χ3v) is 4.79. The van der Waals surface area contributed by atoms with Gasteiger partial charge >= 0.3 is 0 Å². The van der Waals surface area contributed by atoms with Crippen molar-refractivity contribution in [1.82, 2.24) is 4.98 Å². The van der Waals surface area contributed by atoms with Gasteiger partial charge in [-0.15, -0.1) is 0 Å². The molecule has 0 aliphatic heterocycles. The van der Waals surface area contributed by atoms with Crippen molar-refractivity contribution in [3.8, 4) is 11.8 Å². The van der Waals surface area contributed by atoms with E-state index in [1.54, 1.807) is 7.11 Å². The summed E-state index contributed by atoms with van der Waals surface area (Å²) in [6.07, 6.45) is 1.24. The molecule has 3 rings (SSSR count). The molecule has 1 aliphatic rings. The maximum atomic E-state index is 12.3. The molecule has 2 aromatic rings. The summed E-state index contributed by atoms with van der Waals surface area (Å²) in [6.45, 7) is 2.05. The van der Waals surface area contributed by atoms with Gasteiger partial charge < -0.3 is 10.1 Å². The van der Waals surface area contributed by atoms with Crippen molar-refractivity contribution in [3.05, 3.63) is 18.2 Å². The summed E-state index contributed by atoms with van der Waals surface area (Å²) < 4.78 is 6.11. The van der Waals surface area contributed by atoms with Gasteiger partial charge in [0, 0.05) is 0 Å². The topological polar surface area (TPSA) is 75.0 Å². The highest BCUT2D eigenvalue weighted by Crippen LogP contribution is 2.46. The normalized spacial score (nSPS) is 24.1. The van der Waals surface area contributed by atoms with E-state index in [1.165, 1.54) is 11.3 Å².